The van der Waals surface area contributed by atoms with Crippen molar-refractivity contribution in [3.05, 3.63) is 41.6 Å². The van der Waals surface area contributed by atoms with E-state index in [0.29, 0.717) is 41.6 Å². The second kappa shape index (κ2) is 27.9. The Morgan fingerprint density at radius 3 is 2.35 bits per heavy atom. The molecule has 336 valence electrons. The minimum absolute atomic E-state index is 0.0706. The summed E-state index contributed by atoms with van der Waals surface area (Å²) in [7, 11) is 9.42. The van der Waals surface area contributed by atoms with Gasteiger partial charge in [0.15, 0.2) is 17.5 Å². The zero-order valence-electron chi connectivity index (χ0n) is 37.7. The Balaban J connectivity index is 0.000000405. The standard InChI is InChI=1S/C24H41N5O3.C17H28N8O.C2H6/c1-25-13-6-14-29-15-11-19(12-16-29)21-7-5-8-22(24(21)27(3)18-31)28(4)20(17-30)9-10-23(32)26-2;1-11(2)26-15-14(12(8-18)9-19)21-10-22-16(15)24-17(20)23-13-4-6-25(3)7-5-13;1-2/h5,7,17-20,22,25H,6,8-16H2,1-4H3,(H,26,32);8-11,13,18H,4-7,19H2,1-3H3,(H3,20,21,22,23,24);1-2H3/b;12-9+,18-8?;/t20-,22?;;/m0../s1. The number of carbonyl (C=O) groups is 3. The molecule has 0 spiro atoms. The highest BCUT2D eigenvalue weighted by molar-refractivity contribution is 6.09. The number of nitrogens with one attached hydrogen (secondary N) is 4. The highest BCUT2D eigenvalue weighted by Gasteiger charge is 2.34. The van der Waals surface area contributed by atoms with Crippen molar-refractivity contribution in [2.75, 3.05) is 79.8 Å². The van der Waals surface area contributed by atoms with Gasteiger partial charge in [-0.2, -0.15) is 0 Å². The zero-order valence-corrected chi connectivity index (χ0v) is 37.7. The monoisotopic (exact) mass is 838 g/mol. The number of rotatable bonds is 19. The summed E-state index contributed by atoms with van der Waals surface area (Å²) in [4.78, 5) is 56.9. The molecule has 1 aromatic heterocycles. The average Bonchev–Trinajstić information content (AvgIpc) is 3.26. The van der Waals surface area contributed by atoms with Crippen molar-refractivity contribution >= 4 is 42.2 Å². The summed E-state index contributed by atoms with van der Waals surface area (Å²) in [6.07, 6.45) is 16.5. The minimum Gasteiger partial charge on any atom is -0.485 e. The van der Waals surface area contributed by atoms with Gasteiger partial charge in [-0.05, 0) is 131 Å². The molecule has 8 N–H and O–H groups in total. The summed E-state index contributed by atoms with van der Waals surface area (Å²) in [6.45, 7) is 14.1. The van der Waals surface area contributed by atoms with E-state index in [-0.39, 0.29) is 36.1 Å². The molecule has 1 unspecified atom stereocenters. The second-order valence-corrected chi connectivity index (χ2v) is 15.4. The largest absolute Gasteiger partial charge is 0.485 e. The molecule has 0 radical (unpaired) electrons. The van der Waals surface area contributed by atoms with E-state index < -0.39 is 0 Å². The molecule has 3 aliphatic rings. The predicted octanol–water partition coefficient (Wildman–Crippen LogP) is 3.06. The quantitative estimate of drug-likeness (QED) is 0.0511. The summed E-state index contributed by atoms with van der Waals surface area (Å²) in [6, 6.07) is -0.261. The molecule has 2 fully saturated rings. The van der Waals surface area contributed by atoms with Crippen molar-refractivity contribution in [1.82, 2.24) is 40.2 Å². The maximum atomic E-state index is 11.9. The first-order chi connectivity index (χ1) is 28.9. The number of piperidine rings is 2. The zero-order chi connectivity index (χ0) is 44.6. The van der Waals surface area contributed by atoms with Crippen LogP contribution in [0.3, 0.4) is 0 Å². The van der Waals surface area contributed by atoms with Gasteiger partial charge >= 0.3 is 0 Å². The molecule has 1 aliphatic carbocycles. The number of carbonyl (C=O) groups excluding carboxylic acids is 3. The molecule has 3 heterocycles. The van der Waals surface area contributed by atoms with Crippen molar-refractivity contribution < 1.29 is 19.1 Å². The molecule has 2 aliphatic heterocycles. The first-order valence-electron chi connectivity index (χ1n) is 21.5. The fourth-order valence-electron chi connectivity index (χ4n) is 7.55. The minimum atomic E-state index is -0.380. The van der Waals surface area contributed by atoms with Crippen LogP contribution in [-0.2, 0) is 14.4 Å². The highest BCUT2D eigenvalue weighted by atomic mass is 16.5. The number of guanidine groups is 1. The van der Waals surface area contributed by atoms with Crippen LogP contribution in [0.5, 0.6) is 5.75 Å². The number of likely N-dealkylation sites (N-methyl/N-ethyl adjacent to an activating group) is 2. The normalized spacial score (nSPS) is 18.8. The third-order valence-electron chi connectivity index (χ3n) is 10.9. The van der Waals surface area contributed by atoms with Gasteiger partial charge < -0.3 is 57.1 Å². The van der Waals surface area contributed by atoms with Crippen molar-refractivity contribution in [2.45, 2.75) is 103 Å². The number of nitrogens with zero attached hydrogens (tertiary/aromatic N) is 7. The van der Waals surface area contributed by atoms with Crippen LogP contribution in [-0.4, -0.2) is 159 Å². The van der Waals surface area contributed by atoms with Gasteiger partial charge in [0.1, 0.15) is 18.3 Å². The predicted molar refractivity (Wildman–Crippen MR) is 243 cm³/mol. The number of allylic oxidation sites excluding steroid dienone is 3. The van der Waals surface area contributed by atoms with Gasteiger partial charge in [-0.1, -0.05) is 26.0 Å². The van der Waals surface area contributed by atoms with Crippen LogP contribution >= 0.6 is 0 Å². The lowest BCUT2D eigenvalue weighted by atomic mass is 9.82. The first-order valence-corrected chi connectivity index (χ1v) is 21.5. The van der Waals surface area contributed by atoms with Crippen molar-refractivity contribution in [2.24, 2.45) is 22.4 Å². The van der Waals surface area contributed by atoms with E-state index in [0.717, 1.165) is 102 Å². The molecular weight excluding hydrogens is 763 g/mol. The Morgan fingerprint density at radius 1 is 1.10 bits per heavy atom. The van der Waals surface area contributed by atoms with Crippen LogP contribution in [0, 0.1) is 11.3 Å². The lowest BCUT2D eigenvalue weighted by Gasteiger charge is -2.41. The van der Waals surface area contributed by atoms with Crippen LogP contribution in [0.2, 0.25) is 0 Å². The summed E-state index contributed by atoms with van der Waals surface area (Å²) in [5.41, 5.74) is 14.8. The molecule has 17 heteroatoms. The average molecular weight is 838 g/mol. The maximum absolute atomic E-state index is 11.9. The number of amides is 2. The van der Waals surface area contributed by atoms with E-state index in [1.54, 1.807) is 19.0 Å². The summed E-state index contributed by atoms with van der Waals surface area (Å²) < 4.78 is 5.86. The smallest absolute Gasteiger partial charge is 0.219 e. The van der Waals surface area contributed by atoms with Crippen LogP contribution < -0.4 is 32.2 Å². The lowest BCUT2D eigenvalue weighted by Crippen LogP contribution is -2.47. The molecule has 1 aromatic rings. The van der Waals surface area contributed by atoms with E-state index in [4.69, 9.17) is 21.6 Å². The summed E-state index contributed by atoms with van der Waals surface area (Å²) in [5, 5.41) is 16.3. The Labute approximate surface area is 359 Å². The molecule has 0 bridgehead atoms. The van der Waals surface area contributed by atoms with Gasteiger partial charge in [-0.25, -0.2) is 15.0 Å². The number of likely N-dealkylation sites (tertiary alicyclic amines) is 2. The van der Waals surface area contributed by atoms with Gasteiger partial charge in [0, 0.05) is 44.2 Å². The number of aliphatic imine (C=N–C) groups is 1. The molecule has 2 saturated heterocycles. The maximum Gasteiger partial charge on any atom is 0.219 e. The number of nitrogens with two attached hydrogens (primary N) is 2. The topological polar surface area (TPSA) is 224 Å². The van der Waals surface area contributed by atoms with Gasteiger partial charge in [0.05, 0.1) is 24.2 Å². The van der Waals surface area contributed by atoms with E-state index in [1.165, 1.54) is 18.1 Å². The second-order valence-electron chi connectivity index (χ2n) is 15.4. The highest BCUT2D eigenvalue weighted by Crippen LogP contribution is 2.35. The summed E-state index contributed by atoms with van der Waals surface area (Å²) >= 11 is 0. The van der Waals surface area contributed by atoms with Crippen LogP contribution in [0.25, 0.3) is 5.57 Å². The molecule has 17 nitrogen and oxygen atoms in total. The Bertz CT molecular complexity index is 1600. The lowest BCUT2D eigenvalue weighted by molar-refractivity contribution is -0.121. The number of hydrogen-bond acceptors (Lipinski definition) is 13. The Hall–Kier alpha value is -4.71. The van der Waals surface area contributed by atoms with E-state index in [1.807, 2.05) is 46.7 Å². The molecule has 0 aromatic carbocycles. The number of aromatic nitrogens is 2. The Kier molecular flexibility index (Phi) is 23.9. The fourth-order valence-corrected chi connectivity index (χ4v) is 7.55. The molecule has 2 amide bonds. The summed E-state index contributed by atoms with van der Waals surface area (Å²) in [5.74, 6) is 1.41. The van der Waals surface area contributed by atoms with Gasteiger partial charge in [0.25, 0.3) is 0 Å². The number of anilines is 1. The molecular formula is C43H75N13O4. The van der Waals surface area contributed by atoms with Crippen LogP contribution in [0.15, 0.2) is 40.9 Å². The Morgan fingerprint density at radius 2 is 1.78 bits per heavy atom. The number of aldehydes is 1. The first kappa shape index (κ1) is 51.4. The van der Waals surface area contributed by atoms with Gasteiger partial charge in [0.2, 0.25) is 12.3 Å². The molecule has 2 atom stereocenters. The van der Waals surface area contributed by atoms with E-state index in [2.05, 4.69) is 59.9 Å². The van der Waals surface area contributed by atoms with Crippen molar-refractivity contribution in [3.63, 3.8) is 0 Å². The number of hydrogen-bond donors (Lipinski definition) is 6. The van der Waals surface area contributed by atoms with Crippen molar-refractivity contribution in [1.29, 1.82) is 5.41 Å². The molecule has 60 heavy (non-hydrogen) atoms. The van der Waals surface area contributed by atoms with Crippen molar-refractivity contribution in [3.8, 4) is 5.75 Å². The molecule has 0 saturated carbocycles. The van der Waals surface area contributed by atoms with Gasteiger partial charge in [-0.15, -0.1) is 0 Å². The third-order valence-corrected chi connectivity index (χ3v) is 10.9. The van der Waals surface area contributed by atoms with E-state index in [9.17, 15) is 14.4 Å². The van der Waals surface area contributed by atoms with Crippen LogP contribution in [0.4, 0.5) is 5.82 Å². The van der Waals surface area contributed by atoms with E-state index >= 15 is 0 Å². The number of ether oxygens (including phenoxy) is 1. The molecule has 4 rings (SSSR count). The third kappa shape index (κ3) is 16.0. The SMILES string of the molecule is CC.CC(C)Oc1c(NC(N)=NC2CCN(C)CC2)ncnc1/C(C=N)=C/N.CNCCCN1CCC(C2=C(N(C)C=O)C(N(C)[C@H](C=O)CCC(=O)NC)CC=C2)CC1. The fraction of sp³-hybridized carbons (Fsp3) is 0.651. The van der Waals surface area contributed by atoms with Crippen LogP contribution in [0.1, 0.15) is 84.8 Å². The van der Waals surface area contributed by atoms with Gasteiger partial charge in [-0.3, -0.25) is 14.5 Å².